The van der Waals surface area contributed by atoms with Crippen LogP contribution in [0, 0.1) is 0 Å². The maximum atomic E-state index is 13.0. The van der Waals surface area contributed by atoms with Crippen LogP contribution >= 0.6 is 0 Å². The molecule has 158 valence electrons. The smallest absolute Gasteiger partial charge is 0.199 e. The molecule has 5 heteroatoms. The summed E-state index contributed by atoms with van der Waals surface area (Å²) in [5, 5.41) is 0. The van der Waals surface area contributed by atoms with Gasteiger partial charge in [0.1, 0.15) is 11.5 Å². The summed E-state index contributed by atoms with van der Waals surface area (Å²) in [5.41, 5.74) is 1.43. The van der Waals surface area contributed by atoms with Gasteiger partial charge in [-0.05, 0) is 55.5 Å². The first-order chi connectivity index (χ1) is 14.8. The van der Waals surface area contributed by atoms with Crippen LogP contribution in [-0.4, -0.2) is 31.6 Å². The minimum Gasteiger partial charge on any atom is -0.465 e. The number of ether oxygens (including phenoxy) is 4. The van der Waals surface area contributed by atoms with Gasteiger partial charge in [0.2, 0.25) is 0 Å². The fourth-order valence-corrected chi connectivity index (χ4v) is 3.61. The Morgan fingerprint density at radius 2 is 1.57 bits per heavy atom. The van der Waals surface area contributed by atoms with Crippen molar-refractivity contribution in [1.82, 2.24) is 0 Å². The quantitative estimate of drug-likeness (QED) is 0.454. The van der Waals surface area contributed by atoms with E-state index in [4.69, 9.17) is 18.9 Å². The summed E-state index contributed by atoms with van der Waals surface area (Å²) in [6.45, 7) is 1.39. The maximum absolute atomic E-state index is 13.0. The predicted octanol–water partition coefficient (Wildman–Crippen LogP) is 5.39. The SMILES string of the molecule is O=C(C=Cc1ccccc1)c1cc(OC2CCCCO2)ccc1OC1CCCCO1. The minimum absolute atomic E-state index is 0.139. The highest BCUT2D eigenvalue weighted by molar-refractivity contribution is 6.08. The molecule has 2 unspecified atom stereocenters. The Balaban J connectivity index is 1.54. The summed E-state index contributed by atoms with van der Waals surface area (Å²) in [7, 11) is 0. The first-order valence-electron chi connectivity index (χ1n) is 10.8. The summed E-state index contributed by atoms with van der Waals surface area (Å²) in [4.78, 5) is 13.0. The summed E-state index contributed by atoms with van der Waals surface area (Å²) >= 11 is 0. The lowest BCUT2D eigenvalue weighted by atomic mass is 10.1. The molecule has 2 aromatic rings. The zero-order chi connectivity index (χ0) is 20.6. The van der Waals surface area contributed by atoms with Gasteiger partial charge in [-0.1, -0.05) is 36.4 Å². The van der Waals surface area contributed by atoms with E-state index < -0.39 is 0 Å². The average Bonchev–Trinajstić information content (AvgIpc) is 2.80. The number of hydrogen-bond acceptors (Lipinski definition) is 5. The number of ketones is 1. The summed E-state index contributed by atoms with van der Waals surface area (Å²) in [6.07, 6.45) is 8.70. The second kappa shape index (κ2) is 10.4. The molecular formula is C25H28O5. The van der Waals surface area contributed by atoms with Crippen LogP contribution in [0.5, 0.6) is 11.5 Å². The topological polar surface area (TPSA) is 54.0 Å². The second-order valence-electron chi connectivity index (χ2n) is 7.59. The van der Waals surface area contributed by atoms with Crippen LogP contribution in [0.3, 0.4) is 0 Å². The predicted molar refractivity (Wildman–Crippen MR) is 115 cm³/mol. The Labute approximate surface area is 177 Å². The van der Waals surface area contributed by atoms with Gasteiger partial charge >= 0.3 is 0 Å². The summed E-state index contributed by atoms with van der Waals surface area (Å²) in [6, 6.07) is 15.1. The van der Waals surface area contributed by atoms with Crippen LogP contribution in [0.4, 0.5) is 0 Å². The molecular weight excluding hydrogens is 380 g/mol. The van der Waals surface area contributed by atoms with Crippen molar-refractivity contribution in [2.24, 2.45) is 0 Å². The minimum atomic E-state index is -0.322. The number of carbonyl (C=O) groups is 1. The molecule has 0 spiro atoms. The fraction of sp³-hybridized carbons (Fsp3) is 0.400. The van der Waals surface area contributed by atoms with Crippen LogP contribution in [0.1, 0.15) is 54.4 Å². The van der Waals surface area contributed by atoms with Gasteiger partial charge in [0, 0.05) is 12.8 Å². The van der Waals surface area contributed by atoms with Gasteiger partial charge in [-0.15, -0.1) is 0 Å². The monoisotopic (exact) mass is 408 g/mol. The summed E-state index contributed by atoms with van der Waals surface area (Å²) < 4.78 is 23.4. The Morgan fingerprint density at radius 1 is 0.867 bits per heavy atom. The lowest BCUT2D eigenvalue weighted by Crippen LogP contribution is -2.26. The molecule has 0 radical (unpaired) electrons. The van der Waals surface area contributed by atoms with Crippen molar-refractivity contribution in [3.8, 4) is 11.5 Å². The third-order valence-electron chi connectivity index (χ3n) is 5.24. The lowest BCUT2D eigenvalue weighted by Gasteiger charge is -2.25. The van der Waals surface area contributed by atoms with Crippen LogP contribution < -0.4 is 9.47 Å². The molecule has 0 N–H and O–H groups in total. The van der Waals surface area contributed by atoms with E-state index in [9.17, 15) is 4.79 Å². The zero-order valence-corrected chi connectivity index (χ0v) is 17.1. The van der Waals surface area contributed by atoms with Gasteiger partial charge in [0.05, 0.1) is 18.8 Å². The number of benzene rings is 2. The number of allylic oxidation sites excluding steroid dienone is 1. The Kier molecular flexibility index (Phi) is 7.16. The van der Waals surface area contributed by atoms with Gasteiger partial charge in [-0.3, -0.25) is 4.79 Å². The van der Waals surface area contributed by atoms with Gasteiger partial charge in [0.15, 0.2) is 18.4 Å². The standard InChI is InChI=1S/C25H28O5/c26-22(14-12-19-8-2-1-3-9-19)21-18-20(29-24-10-4-6-16-27-24)13-15-23(21)30-25-11-5-7-17-28-25/h1-3,8-9,12-15,18,24-25H,4-7,10-11,16-17H2. The van der Waals surface area contributed by atoms with Crippen molar-refractivity contribution < 1.29 is 23.7 Å². The van der Waals surface area contributed by atoms with E-state index in [0.29, 0.717) is 30.3 Å². The molecule has 2 atom stereocenters. The molecule has 0 saturated carbocycles. The van der Waals surface area contributed by atoms with E-state index in [1.807, 2.05) is 36.4 Å². The Morgan fingerprint density at radius 3 is 2.23 bits per heavy atom. The van der Waals surface area contributed by atoms with E-state index in [1.54, 1.807) is 24.3 Å². The fourth-order valence-electron chi connectivity index (χ4n) is 3.61. The van der Waals surface area contributed by atoms with Gasteiger partial charge < -0.3 is 18.9 Å². The van der Waals surface area contributed by atoms with Crippen LogP contribution in [0.25, 0.3) is 6.08 Å². The third kappa shape index (κ3) is 5.71. The zero-order valence-electron chi connectivity index (χ0n) is 17.1. The largest absolute Gasteiger partial charge is 0.465 e. The van der Waals surface area contributed by atoms with Crippen LogP contribution in [0.2, 0.25) is 0 Å². The van der Waals surface area contributed by atoms with E-state index in [-0.39, 0.29) is 18.4 Å². The molecule has 2 aromatic carbocycles. The highest BCUT2D eigenvalue weighted by Gasteiger charge is 2.21. The number of rotatable bonds is 7. The van der Waals surface area contributed by atoms with Crippen molar-refractivity contribution in [2.45, 2.75) is 51.1 Å². The molecule has 2 saturated heterocycles. The van der Waals surface area contributed by atoms with E-state index in [2.05, 4.69) is 0 Å². The van der Waals surface area contributed by atoms with Crippen molar-refractivity contribution in [1.29, 1.82) is 0 Å². The molecule has 0 bridgehead atoms. The number of carbonyl (C=O) groups excluding carboxylic acids is 1. The molecule has 0 amide bonds. The molecule has 2 aliphatic rings. The second-order valence-corrected chi connectivity index (χ2v) is 7.59. The average molecular weight is 408 g/mol. The van der Waals surface area contributed by atoms with Crippen LogP contribution in [-0.2, 0) is 9.47 Å². The summed E-state index contributed by atoms with van der Waals surface area (Å²) in [5.74, 6) is 0.983. The highest BCUT2D eigenvalue weighted by Crippen LogP contribution is 2.29. The normalized spacial score (nSPS) is 22.0. The Bertz CT molecular complexity index is 849. The number of hydrogen-bond donors (Lipinski definition) is 0. The molecule has 0 aliphatic carbocycles. The highest BCUT2D eigenvalue weighted by atomic mass is 16.7. The molecule has 4 rings (SSSR count). The van der Waals surface area contributed by atoms with E-state index in [1.165, 1.54) is 0 Å². The van der Waals surface area contributed by atoms with Gasteiger partial charge in [0.25, 0.3) is 0 Å². The molecule has 2 aliphatic heterocycles. The molecule has 5 nitrogen and oxygen atoms in total. The molecule has 2 fully saturated rings. The Hall–Kier alpha value is -2.63. The molecule has 30 heavy (non-hydrogen) atoms. The molecule has 2 heterocycles. The third-order valence-corrected chi connectivity index (χ3v) is 5.24. The van der Waals surface area contributed by atoms with Gasteiger partial charge in [-0.2, -0.15) is 0 Å². The van der Waals surface area contributed by atoms with Crippen molar-refractivity contribution in [3.05, 3.63) is 65.7 Å². The van der Waals surface area contributed by atoms with Crippen LogP contribution in [0.15, 0.2) is 54.6 Å². The van der Waals surface area contributed by atoms with E-state index in [0.717, 1.165) is 44.1 Å². The van der Waals surface area contributed by atoms with Gasteiger partial charge in [-0.25, -0.2) is 0 Å². The van der Waals surface area contributed by atoms with Crippen molar-refractivity contribution in [2.75, 3.05) is 13.2 Å². The first-order valence-corrected chi connectivity index (χ1v) is 10.8. The molecule has 0 aromatic heterocycles. The van der Waals surface area contributed by atoms with E-state index >= 15 is 0 Å². The van der Waals surface area contributed by atoms with Crippen molar-refractivity contribution >= 4 is 11.9 Å². The lowest BCUT2D eigenvalue weighted by molar-refractivity contribution is -0.107. The maximum Gasteiger partial charge on any atom is 0.199 e. The van der Waals surface area contributed by atoms with Crippen molar-refractivity contribution in [3.63, 3.8) is 0 Å². The first kappa shape index (κ1) is 20.6.